The molecule has 8 heteroatoms. The number of hydrogen-bond donors (Lipinski definition) is 2. The highest BCUT2D eigenvalue weighted by Gasteiger charge is 2.42. The van der Waals surface area contributed by atoms with Gasteiger partial charge in [0.1, 0.15) is 0 Å². The Morgan fingerprint density at radius 2 is 1.92 bits per heavy atom. The first-order chi connectivity index (χ1) is 11.5. The lowest BCUT2D eigenvalue weighted by molar-refractivity contribution is -0.183. The number of nitrogens with one attached hydrogen (secondary N) is 2. The molecule has 4 aliphatic rings. The Labute approximate surface area is 141 Å². The molecule has 0 radical (unpaired) electrons. The predicted molar refractivity (Wildman–Crippen MR) is 88.1 cm³/mol. The zero-order valence-corrected chi connectivity index (χ0v) is 14.3. The standard InChI is InChI=1S/C16H28F3N5/c1-20-15(21-10-14-11-23-5-7-24(14)8-6-23)22-13-4-2-3-12(9-13)16(17,18)19/h12-14H,2-11H2,1H3,(H2,20,21,22). The molecule has 4 rings (SSSR count). The van der Waals surface area contributed by atoms with E-state index in [2.05, 4.69) is 25.4 Å². The van der Waals surface area contributed by atoms with E-state index in [0.29, 0.717) is 18.4 Å². The summed E-state index contributed by atoms with van der Waals surface area (Å²) < 4.78 is 38.8. The summed E-state index contributed by atoms with van der Waals surface area (Å²) >= 11 is 0. The second-order valence-corrected chi connectivity index (χ2v) is 7.19. The fraction of sp³-hybridized carbons (Fsp3) is 0.938. The van der Waals surface area contributed by atoms with Crippen molar-refractivity contribution in [3.63, 3.8) is 0 Å². The van der Waals surface area contributed by atoms with Crippen LogP contribution in [0.25, 0.3) is 0 Å². The van der Waals surface area contributed by atoms with Gasteiger partial charge in [-0.2, -0.15) is 13.2 Å². The van der Waals surface area contributed by atoms with Crippen LogP contribution >= 0.6 is 0 Å². The number of nitrogens with zero attached hydrogens (tertiary/aromatic N) is 3. The number of alkyl halides is 3. The molecule has 5 nitrogen and oxygen atoms in total. The van der Waals surface area contributed by atoms with Crippen LogP contribution in [0, 0.1) is 5.92 Å². The third kappa shape index (κ3) is 4.33. The molecule has 1 aliphatic carbocycles. The number of aliphatic imine (C=N–C) groups is 1. The van der Waals surface area contributed by atoms with Crippen LogP contribution in [0.4, 0.5) is 13.2 Å². The molecule has 0 spiro atoms. The molecule has 138 valence electrons. The van der Waals surface area contributed by atoms with Crippen LogP contribution in [0.3, 0.4) is 0 Å². The summed E-state index contributed by atoms with van der Waals surface area (Å²) in [4.78, 5) is 9.15. The van der Waals surface area contributed by atoms with Gasteiger partial charge in [-0.05, 0) is 19.3 Å². The lowest BCUT2D eigenvalue weighted by Crippen LogP contribution is -2.64. The van der Waals surface area contributed by atoms with Gasteiger partial charge in [0.2, 0.25) is 0 Å². The molecular weight excluding hydrogens is 319 g/mol. The zero-order chi connectivity index (χ0) is 17.2. The molecule has 4 fully saturated rings. The monoisotopic (exact) mass is 347 g/mol. The van der Waals surface area contributed by atoms with E-state index >= 15 is 0 Å². The Kier molecular flexibility index (Phi) is 5.54. The quantitative estimate of drug-likeness (QED) is 0.596. The highest BCUT2D eigenvalue weighted by Crippen LogP contribution is 2.37. The third-order valence-corrected chi connectivity index (χ3v) is 5.60. The number of piperazine rings is 3. The molecule has 3 unspecified atom stereocenters. The van der Waals surface area contributed by atoms with E-state index < -0.39 is 12.1 Å². The van der Waals surface area contributed by atoms with Crippen LogP contribution in [-0.4, -0.2) is 80.3 Å². The maximum absolute atomic E-state index is 12.9. The summed E-state index contributed by atoms with van der Waals surface area (Å²) in [6, 6.07) is 0.309. The van der Waals surface area contributed by atoms with Crippen LogP contribution in [0.5, 0.6) is 0 Å². The van der Waals surface area contributed by atoms with Gasteiger partial charge in [-0.25, -0.2) is 0 Å². The summed E-state index contributed by atoms with van der Waals surface area (Å²) in [6.07, 6.45) is -2.30. The van der Waals surface area contributed by atoms with Crippen molar-refractivity contribution in [3.05, 3.63) is 0 Å². The van der Waals surface area contributed by atoms with Crippen LogP contribution < -0.4 is 10.6 Å². The van der Waals surface area contributed by atoms with Gasteiger partial charge in [0.15, 0.2) is 5.96 Å². The Morgan fingerprint density at radius 1 is 1.17 bits per heavy atom. The first-order valence-corrected chi connectivity index (χ1v) is 8.96. The average Bonchev–Trinajstić information content (AvgIpc) is 2.59. The molecule has 2 N–H and O–H groups in total. The van der Waals surface area contributed by atoms with Gasteiger partial charge in [-0.3, -0.25) is 14.8 Å². The molecule has 0 aromatic carbocycles. The SMILES string of the molecule is CN=C(NCC1CN2CCN1CC2)NC1CCCC(C(F)(F)F)C1. The van der Waals surface area contributed by atoms with Crippen LogP contribution in [-0.2, 0) is 0 Å². The number of halogens is 3. The van der Waals surface area contributed by atoms with Gasteiger partial charge in [-0.1, -0.05) is 6.42 Å². The minimum absolute atomic E-state index is 0.146. The van der Waals surface area contributed by atoms with E-state index in [1.807, 2.05) is 0 Å². The maximum Gasteiger partial charge on any atom is 0.391 e. The molecule has 2 bridgehead atoms. The van der Waals surface area contributed by atoms with Crippen molar-refractivity contribution in [1.29, 1.82) is 0 Å². The van der Waals surface area contributed by atoms with Gasteiger partial charge < -0.3 is 10.6 Å². The molecule has 3 heterocycles. The Bertz CT molecular complexity index is 445. The van der Waals surface area contributed by atoms with Gasteiger partial charge >= 0.3 is 6.18 Å². The number of rotatable bonds is 3. The van der Waals surface area contributed by atoms with E-state index in [-0.39, 0.29) is 18.9 Å². The lowest BCUT2D eigenvalue weighted by Gasteiger charge is -2.47. The van der Waals surface area contributed by atoms with E-state index in [9.17, 15) is 13.2 Å². The molecule has 0 aromatic rings. The fourth-order valence-corrected chi connectivity index (χ4v) is 4.14. The van der Waals surface area contributed by atoms with Gasteiger partial charge in [0, 0.05) is 58.4 Å². The lowest BCUT2D eigenvalue weighted by atomic mass is 9.85. The maximum atomic E-state index is 12.9. The summed E-state index contributed by atoms with van der Waals surface area (Å²) in [5.41, 5.74) is 0. The van der Waals surface area contributed by atoms with Crippen molar-refractivity contribution in [2.75, 3.05) is 46.3 Å². The summed E-state index contributed by atoms with van der Waals surface area (Å²) in [7, 11) is 1.68. The van der Waals surface area contributed by atoms with Crippen molar-refractivity contribution in [3.8, 4) is 0 Å². The second-order valence-electron chi connectivity index (χ2n) is 7.19. The number of guanidine groups is 1. The van der Waals surface area contributed by atoms with Gasteiger partial charge in [-0.15, -0.1) is 0 Å². The molecule has 3 saturated heterocycles. The molecule has 0 aromatic heterocycles. The van der Waals surface area contributed by atoms with Gasteiger partial charge in [0.25, 0.3) is 0 Å². The Hall–Kier alpha value is -1.02. The van der Waals surface area contributed by atoms with E-state index in [1.165, 1.54) is 0 Å². The van der Waals surface area contributed by atoms with Crippen molar-refractivity contribution in [2.45, 2.75) is 43.9 Å². The van der Waals surface area contributed by atoms with Crippen molar-refractivity contribution < 1.29 is 13.2 Å². The van der Waals surface area contributed by atoms with E-state index in [4.69, 9.17) is 0 Å². The smallest absolute Gasteiger partial charge is 0.355 e. The highest BCUT2D eigenvalue weighted by molar-refractivity contribution is 5.80. The second kappa shape index (κ2) is 7.47. The summed E-state index contributed by atoms with van der Waals surface area (Å²) in [6.45, 7) is 6.34. The van der Waals surface area contributed by atoms with Crippen molar-refractivity contribution in [1.82, 2.24) is 20.4 Å². The largest absolute Gasteiger partial charge is 0.391 e. The summed E-state index contributed by atoms with van der Waals surface area (Å²) in [5.74, 6) is -0.560. The van der Waals surface area contributed by atoms with Crippen LogP contribution in [0.1, 0.15) is 25.7 Å². The van der Waals surface area contributed by atoms with Crippen LogP contribution in [0.2, 0.25) is 0 Å². The van der Waals surface area contributed by atoms with Gasteiger partial charge in [0.05, 0.1) is 5.92 Å². The van der Waals surface area contributed by atoms with E-state index in [1.54, 1.807) is 7.05 Å². The molecular formula is C16H28F3N5. The molecule has 3 aliphatic heterocycles. The first kappa shape index (κ1) is 17.8. The van der Waals surface area contributed by atoms with Crippen molar-refractivity contribution >= 4 is 5.96 Å². The average molecular weight is 347 g/mol. The summed E-state index contributed by atoms with van der Waals surface area (Å²) in [5, 5.41) is 6.51. The fourth-order valence-electron chi connectivity index (χ4n) is 4.14. The Balaban J connectivity index is 1.46. The molecule has 1 saturated carbocycles. The highest BCUT2D eigenvalue weighted by atomic mass is 19.4. The van der Waals surface area contributed by atoms with E-state index in [0.717, 1.165) is 45.7 Å². The molecule has 3 atom stereocenters. The zero-order valence-electron chi connectivity index (χ0n) is 14.3. The molecule has 0 amide bonds. The first-order valence-electron chi connectivity index (χ1n) is 8.96. The predicted octanol–water partition coefficient (Wildman–Crippen LogP) is 1.27. The third-order valence-electron chi connectivity index (χ3n) is 5.60. The topological polar surface area (TPSA) is 42.9 Å². The minimum Gasteiger partial charge on any atom is -0.355 e. The minimum atomic E-state index is -4.08. The van der Waals surface area contributed by atoms with Crippen LogP contribution in [0.15, 0.2) is 4.99 Å². The number of hydrogen-bond acceptors (Lipinski definition) is 3. The molecule has 24 heavy (non-hydrogen) atoms. The Morgan fingerprint density at radius 3 is 2.50 bits per heavy atom. The normalized spacial score (nSPS) is 37.3. The van der Waals surface area contributed by atoms with Crippen molar-refractivity contribution in [2.24, 2.45) is 10.9 Å². The number of fused-ring (bicyclic) bond motifs is 3.